The molecule has 1 aromatic rings. The third-order valence-corrected chi connectivity index (χ3v) is 3.69. The molecule has 0 aliphatic carbocycles. The fourth-order valence-corrected chi connectivity index (χ4v) is 2.67. The van der Waals surface area contributed by atoms with Crippen molar-refractivity contribution < 1.29 is 4.74 Å². The predicted octanol–water partition coefficient (Wildman–Crippen LogP) is 3.51. The summed E-state index contributed by atoms with van der Waals surface area (Å²) in [5.74, 6) is 0. The fraction of sp³-hybridized carbons (Fsp3) is 0.600. The molecule has 0 aromatic carbocycles. The summed E-state index contributed by atoms with van der Waals surface area (Å²) < 4.78 is 6.35. The minimum atomic E-state index is 0.519. The molecular formula is C10H13ClOS. The van der Waals surface area contributed by atoms with Crippen LogP contribution in [0.15, 0.2) is 12.1 Å². The number of hydrogen-bond acceptors (Lipinski definition) is 2. The van der Waals surface area contributed by atoms with Crippen LogP contribution in [0, 0.1) is 0 Å². The van der Waals surface area contributed by atoms with E-state index < -0.39 is 0 Å². The zero-order valence-corrected chi connectivity index (χ0v) is 9.20. The standard InChI is InChI=1S/C10H13ClOS/c1-2-8-9(12-8)5-3-7-4-6-10(11)13-7/h4,6,8-9H,2-3,5H2,1H3. The van der Waals surface area contributed by atoms with Crippen LogP contribution in [0.4, 0.5) is 0 Å². The molecule has 2 unspecified atom stereocenters. The van der Waals surface area contributed by atoms with Gasteiger partial charge in [0.05, 0.1) is 16.5 Å². The maximum atomic E-state index is 5.83. The first kappa shape index (κ1) is 9.50. The normalized spacial score (nSPS) is 26.3. The predicted molar refractivity (Wildman–Crippen MR) is 56.6 cm³/mol. The molecule has 0 saturated carbocycles. The highest BCUT2D eigenvalue weighted by molar-refractivity contribution is 7.16. The van der Waals surface area contributed by atoms with Crippen molar-refractivity contribution in [1.29, 1.82) is 0 Å². The van der Waals surface area contributed by atoms with Crippen LogP contribution >= 0.6 is 22.9 Å². The van der Waals surface area contributed by atoms with Crippen LogP contribution in [0.3, 0.4) is 0 Å². The van der Waals surface area contributed by atoms with Gasteiger partial charge in [0.25, 0.3) is 0 Å². The van der Waals surface area contributed by atoms with Gasteiger partial charge in [-0.15, -0.1) is 11.3 Å². The zero-order valence-electron chi connectivity index (χ0n) is 7.63. The molecule has 1 aromatic heterocycles. The minimum absolute atomic E-state index is 0.519. The smallest absolute Gasteiger partial charge is 0.0931 e. The van der Waals surface area contributed by atoms with Crippen molar-refractivity contribution in [3.63, 3.8) is 0 Å². The van der Waals surface area contributed by atoms with Crippen LogP contribution in [0.1, 0.15) is 24.6 Å². The lowest BCUT2D eigenvalue weighted by Crippen LogP contribution is -1.93. The molecule has 0 amide bonds. The van der Waals surface area contributed by atoms with E-state index in [4.69, 9.17) is 16.3 Å². The molecule has 0 N–H and O–H groups in total. The molecular weight excluding hydrogens is 204 g/mol. The maximum Gasteiger partial charge on any atom is 0.0931 e. The van der Waals surface area contributed by atoms with Crippen molar-refractivity contribution in [2.24, 2.45) is 0 Å². The number of halogens is 1. The lowest BCUT2D eigenvalue weighted by Gasteiger charge is -1.92. The van der Waals surface area contributed by atoms with Gasteiger partial charge in [-0.2, -0.15) is 0 Å². The Morgan fingerprint density at radius 1 is 1.46 bits per heavy atom. The molecule has 0 bridgehead atoms. The molecule has 1 fully saturated rings. The topological polar surface area (TPSA) is 12.5 Å². The lowest BCUT2D eigenvalue weighted by molar-refractivity contribution is 0.360. The van der Waals surface area contributed by atoms with Gasteiger partial charge in [0.15, 0.2) is 0 Å². The van der Waals surface area contributed by atoms with E-state index in [-0.39, 0.29) is 0 Å². The van der Waals surface area contributed by atoms with Crippen LogP contribution < -0.4 is 0 Å². The Morgan fingerprint density at radius 3 is 2.85 bits per heavy atom. The first-order chi connectivity index (χ1) is 6.29. The number of rotatable bonds is 4. The summed E-state index contributed by atoms with van der Waals surface area (Å²) in [6.45, 7) is 2.17. The summed E-state index contributed by atoms with van der Waals surface area (Å²) in [6.07, 6.45) is 4.46. The molecule has 72 valence electrons. The second kappa shape index (κ2) is 3.99. The van der Waals surface area contributed by atoms with Crippen molar-refractivity contribution in [1.82, 2.24) is 0 Å². The number of hydrogen-bond donors (Lipinski definition) is 0. The van der Waals surface area contributed by atoms with Crippen molar-refractivity contribution >= 4 is 22.9 Å². The van der Waals surface area contributed by atoms with E-state index in [0.29, 0.717) is 12.2 Å². The minimum Gasteiger partial charge on any atom is -0.370 e. The number of aryl methyl sites for hydroxylation is 1. The van der Waals surface area contributed by atoms with Crippen LogP contribution in [-0.4, -0.2) is 12.2 Å². The van der Waals surface area contributed by atoms with Crippen LogP contribution in [0.2, 0.25) is 4.34 Å². The Labute approximate surface area is 87.7 Å². The average Bonchev–Trinajstić information content (AvgIpc) is 2.78. The SMILES string of the molecule is CCC1OC1CCc1ccc(Cl)s1. The third kappa shape index (κ3) is 2.46. The highest BCUT2D eigenvalue weighted by atomic mass is 35.5. The van der Waals surface area contributed by atoms with E-state index in [1.165, 1.54) is 4.88 Å². The van der Waals surface area contributed by atoms with Gasteiger partial charge in [0, 0.05) is 4.88 Å². The first-order valence-corrected chi connectivity index (χ1v) is 5.88. The van der Waals surface area contributed by atoms with E-state index in [2.05, 4.69) is 13.0 Å². The third-order valence-electron chi connectivity index (χ3n) is 2.39. The van der Waals surface area contributed by atoms with Gasteiger partial charge in [0.1, 0.15) is 0 Å². The molecule has 1 aliphatic heterocycles. The number of epoxide rings is 1. The van der Waals surface area contributed by atoms with Crippen LogP contribution in [0.25, 0.3) is 0 Å². The summed E-state index contributed by atoms with van der Waals surface area (Å²) in [6, 6.07) is 4.07. The Balaban J connectivity index is 1.75. The molecule has 2 heterocycles. The van der Waals surface area contributed by atoms with Crippen LogP contribution in [-0.2, 0) is 11.2 Å². The molecule has 1 aliphatic rings. The second-order valence-corrected chi connectivity index (χ2v) is 5.17. The monoisotopic (exact) mass is 216 g/mol. The van der Waals surface area contributed by atoms with E-state index >= 15 is 0 Å². The Morgan fingerprint density at radius 2 is 2.31 bits per heavy atom. The van der Waals surface area contributed by atoms with Crippen molar-refractivity contribution in [3.8, 4) is 0 Å². The van der Waals surface area contributed by atoms with Gasteiger partial charge < -0.3 is 4.74 Å². The van der Waals surface area contributed by atoms with E-state index in [9.17, 15) is 0 Å². The average molecular weight is 217 g/mol. The van der Waals surface area contributed by atoms with Gasteiger partial charge in [-0.3, -0.25) is 0 Å². The first-order valence-electron chi connectivity index (χ1n) is 4.69. The Hall–Kier alpha value is -0.0500. The summed E-state index contributed by atoms with van der Waals surface area (Å²) in [7, 11) is 0. The van der Waals surface area contributed by atoms with Gasteiger partial charge in [-0.05, 0) is 31.4 Å². The second-order valence-electron chi connectivity index (χ2n) is 3.37. The summed E-state index contributed by atoms with van der Waals surface area (Å²) in [5.41, 5.74) is 0. The quantitative estimate of drug-likeness (QED) is 0.702. The molecule has 3 heteroatoms. The molecule has 13 heavy (non-hydrogen) atoms. The van der Waals surface area contributed by atoms with E-state index in [1.54, 1.807) is 11.3 Å². The van der Waals surface area contributed by atoms with Crippen molar-refractivity contribution in [2.75, 3.05) is 0 Å². The summed E-state index contributed by atoms with van der Waals surface area (Å²) in [4.78, 5) is 1.37. The largest absolute Gasteiger partial charge is 0.370 e. The molecule has 0 radical (unpaired) electrons. The number of thiophene rings is 1. The van der Waals surface area contributed by atoms with E-state index in [0.717, 1.165) is 23.6 Å². The van der Waals surface area contributed by atoms with Gasteiger partial charge in [-0.1, -0.05) is 18.5 Å². The highest BCUT2D eigenvalue weighted by Gasteiger charge is 2.36. The molecule has 1 nitrogen and oxygen atoms in total. The van der Waals surface area contributed by atoms with Gasteiger partial charge in [0.2, 0.25) is 0 Å². The van der Waals surface area contributed by atoms with Crippen LogP contribution in [0.5, 0.6) is 0 Å². The molecule has 2 rings (SSSR count). The van der Waals surface area contributed by atoms with Gasteiger partial charge >= 0.3 is 0 Å². The fourth-order valence-electron chi connectivity index (χ4n) is 1.56. The molecule has 1 saturated heterocycles. The van der Waals surface area contributed by atoms with E-state index in [1.807, 2.05) is 6.07 Å². The van der Waals surface area contributed by atoms with Gasteiger partial charge in [-0.25, -0.2) is 0 Å². The molecule has 2 atom stereocenters. The van der Waals surface area contributed by atoms with Crippen molar-refractivity contribution in [2.45, 2.75) is 38.4 Å². The summed E-state index contributed by atoms with van der Waals surface area (Å²) in [5, 5.41) is 0. The molecule has 0 spiro atoms. The maximum absolute atomic E-state index is 5.83. The highest BCUT2D eigenvalue weighted by Crippen LogP contribution is 2.30. The lowest BCUT2D eigenvalue weighted by atomic mass is 10.1. The Bertz CT molecular complexity index is 284. The Kier molecular flexibility index (Phi) is 2.92. The zero-order chi connectivity index (χ0) is 9.26. The number of ether oxygens (including phenoxy) is 1. The summed E-state index contributed by atoms with van der Waals surface area (Å²) >= 11 is 7.51. The van der Waals surface area contributed by atoms with Crippen molar-refractivity contribution in [3.05, 3.63) is 21.3 Å².